The summed E-state index contributed by atoms with van der Waals surface area (Å²) in [6.45, 7) is 1.77. The van der Waals surface area contributed by atoms with Gasteiger partial charge in [-0.25, -0.2) is 9.78 Å². The third-order valence-corrected chi connectivity index (χ3v) is 3.37. The second-order valence-corrected chi connectivity index (χ2v) is 5.20. The van der Waals surface area contributed by atoms with Crippen molar-refractivity contribution in [2.24, 2.45) is 0 Å². The first-order valence-electron chi connectivity index (χ1n) is 6.90. The van der Waals surface area contributed by atoms with Crippen molar-refractivity contribution in [3.63, 3.8) is 0 Å². The maximum Gasteiger partial charge on any atom is 0.322 e. The number of carbonyl (C=O) groups is 1. The van der Waals surface area contributed by atoms with E-state index < -0.39 is 0 Å². The average Bonchev–Trinajstić information content (AvgIpc) is 2.55. The highest BCUT2D eigenvalue weighted by atomic mass is 35.5. The Bertz CT molecular complexity index is 725. The predicted octanol–water partition coefficient (Wildman–Crippen LogP) is 4.01. The van der Waals surface area contributed by atoms with Crippen molar-refractivity contribution in [3.8, 4) is 24.0 Å². The summed E-state index contributed by atoms with van der Waals surface area (Å²) in [4.78, 5) is 17.5. The van der Waals surface area contributed by atoms with E-state index in [0.717, 1.165) is 0 Å². The molecule has 5 nitrogen and oxygen atoms in total. The van der Waals surface area contributed by atoms with E-state index in [2.05, 4.69) is 16.2 Å². The van der Waals surface area contributed by atoms with E-state index >= 15 is 0 Å². The number of nitrogens with zero attached hydrogens (tertiary/aromatic N) is 2. The summed E-state index contributed by atoms with van der Waals surface area (Å²) < 4.78 is 5.58. The molecule has 1 heterocycles. The molecule has 1 N–H and O–H groups in total. The van der Waals surface area contributed by atoms with Crippen LogP contribution in [0.4, 0.5) is 10.5 Å². The van der Waals surface area contributed by atoms with Crippen LogP contribution in [0.25, 0.3) is 0 Å². The molecule has 6 heteroatoms. The maximum absolute atomic E-state index is 12.0. The summed E-state index contributed by atoms with van der Waals surface area (Å²) in [5, 5.41) is 3.11. The molecular weight excluding hydrogens is 314 g/mol. The number of halogens is 1. The van der Waals surface area contributed by atoms with Crippen LogP contribution in [0.3, 0.4) is 0 Å². The molecule has 118 valence electrons. The number of terminal acetylenes is 1. The van der Waals surface area contributed by atoms with Gasteiger partial charge in [0.05, 0.1) is 6.04 Å². The number of carbonyl (C=O) groups excluding carboxylic acids is 1. The Kier molecular flexibility index (Phi) is 5.45. The van der Waals surface area contributed by atoms with Gasteiger partial charge in [-0.3, -0.25) is 0 Å². The van der Waals surface area contributed by atoms with Gasteiger partial charge in [0.2, 0.25) is 5.88 Å². The molecule has 0 aliphatic rings. The van der Waals surface area contributed by atoms with Gasteiger partial charge in [-0.15, -0.1) is 6.42 Å². The molecule has 0 bridgehead atoms. The highest BCUT2D eigenvalue weighted by Crippen LogP contribution is 2.22. The second kappa shape index (κ2) is 7.52. The van der Waals surface area contributed by atoms with Gasteiger partial charge in [-0.05, 0) is 37.3 Å². The molecule has 23 heavy (non-hydrogen) atoms. The Morgan fingerprint density at radius 2 is 2.04 bits per heavy atom. The van der Waals surface area contributed by atoms with Crippen molar-refractivity contribution < 1.29 is 9.53 Å². The molecule has 1 unspecified atom stereocenters. The second-order valence-electron chi connectivity index (χ2n) is 4.81. The topological polar surface area (TPSA) is 54.5 Å². The lowest BCUT2D eigenvalue weighted by molar-refractivity contribution is 0.217. The number of aromatic nitrogens is 1. The number of hydrogen-bond donors (Lipinski definition) is 1. The summed E-state index contributed by atoms with van der Waals surface area (Å²) in [6.07, 6.45) is 5.30. The number of rotatable bonds is 4. The van der Waals surface area contributed by atoms with Crippen LogP contribution in [0.15, 0.2) is 42.5 Å². The number of hydrogen-bond acceptors (Lipinski definition) is 3. The minimum absolute atomic E-state index is 0.277. The average molecular weight is 330 g/mol. The molecule has 0 saturated carbocycles. The minimum Gasteiger partial charge on any atom is -0.439 e. The molecule has 1 atom stereocenters. The molecule has 0 fully saturated rings. The molecule has 0 radical (unpaired) electrons. The Balaban J connectivity index is 2.00. The van der Waals surface area contributed by atoms with Crippen LogP contribution >= 0.6 is 11.6 Å². The first-order chi connectivity index (χ1) is 11.0. The zero-order chi connectivity index (χ0) is 16.8. The quantitative estimate of drug-likeness (QED) is 0.681. The van der Waals surface area contributed by atoms with E-state index in [0.29, 0.717) is 22.5 Å². The van der Waals surface area contributed by atoms with E-state index in [1.165, 1.54) is 4.90 Å². The Labute approximate surface area is 140 Å². The number of anilines is 1. The molecule has 2 aromatic rings. The summed E-state index contributed by atoms with van der Waals surface area (Å²) in [5.41, 5.74) is 0.637. The van der Waals surface area contributed by atoms with Crippen LogP contribution in [0.5, 0.6) is 11.6 Å². The third-order valence-electron chi connectivity index (χ3n) is 3.16. The fourth-order valence-corrected chi connectivity index (χ4v) is 1.83. The SMILES string of the molecule is C#CC(C)N(C)C(=O)Nc1ccc(Oc2cccc(Cl)n2)cc1. The summed E-state index contributed by atoms with van der Waals surface area (Å²) in [6, 6.07) is 11.5. The number of urea groups is 1. The van der Waals surface area contributed by atoms with Crippen molar-refractivity contribution in [2.75, 3.05) is 12.4 Å². The minimum atomic E-state index is -0.286. The van der Waals surface area contributed by atoms with Gasteiger partial charge in [-0.1, -0.05) is 23.6 Å². The van der Waals surface area contributed by atoms with E-state index in [-0.39, 0.29) is 12.1 Å². The number of ether oxygens (including phenoxy) is 1. The van der Waals surface area contributed by atoms with Crippen LogP contribution in [0.2, 0.25) is 5.15 Å². The van der Waals surface area contributed by atoms with Crippen molar-refractivity contribution in [1.82, 2.24) is 9.88 Å². The lowest BCUT2D eigenvalue weighted by Gasteiger charge is -2.21. The molecule has 1 aromatic carbocycles. The van der Waals surface area contributed by atoms with E-state index in [1.807, 2.05) is 0 Å². The third kappa shape index (κ3) is 4.63. The Morgan fingerprint density at radius 1 is 1.35 bits per heavy atom. The molecule has 1 aromatic heterocycles. The van der Waals surface area contributed by atoms with E-state index in [1.54, 1.807) is 56.4 Å². The lowest BCUT2D eigenvalue weighted by Crippen LogP contribution is -2.37. The molecular formula is C17H16ClN3O2. The fraction of sp³-hybridized carbons (Fsp3) is 0.176. The zero-order valence-corrected chi connectivity index (χ0v) is 13.5. The number of nitrogens with one attached hydrogen (secondary N) is 1. The lowest BCUT2D eigenvalue weighted by atomic mass is 10.3. The van der Waals surface area contributed by atoms with Gasteiger partial charge >= 0.3 is 6.03 Å². The predicted molar refractivity (Wildman–Crippen MR) is 90.8 cm³/mol. The van der Waals surface area contributed by atoms with Crippen LogP contribution in [-0.2, 0) is 0 Å². The van der Waals surface area contributed by atoms with E-state index in [9.17, 15) is 4.79 Å². The number of benzene rings is 1. The molecule has 0 aliphatic carbocycles. The van der Waals surface area contributed by atoms with Crippen LogP contribution in [-0.4, -0.2) is 29.0 Å². The van der Waals surface area contributed by atoms with Gasteiger partial charge in [-0.2, -0.15) is 0 Å². The van der Waals surface area contributed by atoms with Crippen LogP contribution in [0, 0.1) is 12.3 Å². The highest BCUT2D eigenvalue weighted by Gasteiger charge is 2.13. The largest absolute Gasteiger partial charge is 0.439 e. The standard InChI is InChI=1S/C17H16ClN3O2/c1-4-12(2)21(3)17(22)19-13-8-10-14(11-9-13)23-16-7-5-6-15(18)20-16/h1,5-12H,2-3H3,(H,19,22). The first-order valence-corrected chi connectivity index (χ1v) is 7.28. The molecule has 0 saturated heterocycles. The molecule has 0 aliphatic heterocycles. The molecule has 2 amide bonds. The van der Waals surface area contributed by atoms with Gasteiger partial charge in [0, 0.05) is 18.8 Å². The van der Waals surface area contributed by atoms with Gasteiger partial charge in [0.15, 0.2) is 0 Å². The normalized spacial score (nSPS) is 11.2. The monoisotopic (exact) mass is 329 g/mol. The zero-order valence-electron chi connectivity index (χ0n) is 12.8. The van der Waals surface area contributed by atoms with Gasteiger partial charge in [0.1, 0.15) is 10.9 Å². The maximum atomic E-state index is 12.0. The summed E-state index contributed by atoms with van der Waals surface area (Å²) >= 11 is 5.80. The fourth-order valence-electron chi connectivity index (χ4n) is 1.67. The van der Waals surface area contributed by atoms with Crippen molar-refractivity contribution in [2.45, 2.75) is 13.0 Å². The number of pyridine rings is 1. The van der Waals surface area contributed by atoms with Crippen molar-refractivity contribution in [3.05, 3.63) is 47.6 Å². The van der Waals surface area contributed by atoms with Crippen LogP contribution < -0.4 is 10.1 Å². The smallest absolute Gasteiger partial charge is 0.322 e. The molecule has 0 spiro atoms. The van der Waals surface area contributed by atoms with Crippen LogP contribution in [0.1, 0.15) is 6.92 Å². The number of amides is 2. The Hall–Kier alpha value is -2.71. The highest BCUT2D eigenvalue weighted by molar-refractivity contribution is 6.29. The molecule has 2 rings (SSSR count). The van der Waals surface area contributed by atoms with E-state index in [4.69, 9.17) is 22.8 Å². The van der Waals surface area contributed by atoms with Gasteiger partial charge < -0.3 is 15.0 Å². The van der Waals surface area contributed by atoms with Crippen molar-refractivity contribution in [1.29, 1.82) is 0 Å². The summed E-state index contributed by atoms with van der Waals surface area (Å²) in [7, 11) is 1.64. The Morgan fingerprint density at radius 3 is 2.65 bits per heavy atom. The first kappa shape index (κ1) is 16.7. The summed E-state index contributed by atoms with van der Waals surface area (Å²) in [5.74, 6) is 3.49. The van der Waals surface area contributed by atoms with Gasteiger partial charge in [0.25, 0.3) is 0 Å². The van der Waals surface area contributed by atoms with Crippen molar-refractivity contribution >= 4 is 23.3 Å².